The van der Waals surface area contributed by atoms with Gasteiger partial charge in [0.2, 0.25) is 0 Å². The third-order valence-corrected chi connectivity index (χ3v) is 11.4. The molecule has 0 N–H and O–H groups in total. The molecule has 2 aromatic heterocycles. The summed E-state index contributed by atoms with van der Waals surface area (Å²) in [7, 11) is 0. The number of hydrogen-bond acceptors (Lipinski definition) is 4. The SMILES string of the molecule is CC(C)(C)c1ccc(N2C=CN(c3[c-]c(Oc4[c-]c5c(cc4)c4ccccc4n5-c4cc(-c5c(C(C)(C)C)cc(C(C)(C)C)cc5C(C)(C)C)ccn4)ccc3)[CH-]2)cc1.[Pt]. The van der Waals surface area contributed by atoms with Crippen molar-refractivity contribution in [3.05, 3.63) is 163 Å². The van der Waals surface area contributed by atoms with E-state index in [0.29, 0.717) is 11.5 Å². The number of pyridine rings is 1. The van der Waals surface area contributed by atoms with Crippen molar-refractivity contribution in [3.63, 3.8) is 0 Å². The van der Waals surface area contributed by atoms with Gasteiger partial charge in [-0.15, -0.1) is 48.1 Å². The Kier molecular flexibility index (Phi) is 11.3. The Hall–Kier alpha value is -5.12. The van der Waals surface area contributed by atoms with Crippen LogP contribution in [0.15, 0.2) is 122 Å². The van der Waals surface area contributed by atoms with Gasteiger partial charge in [-0.2, -0.15) is 12.1 Å². The van der Waals surface area contributed by atoms with Crippen LogP contribution in [0.1, 0.15) is 105 Å². The summed E-state index contributed by atoms with van der Waals surface area (Å²) in [6.07, 6.45) is 6.05. The fraction of sp³-hybridized carbons (Fsp3) is 0.296. The predicted molar refractivity (Wildman–Crippen MR) is 248 cm³/mol. The van der Waals surface area contributed by atoms with Gasteiger partial charge in [0.05, 0.1) is 0 Å². The van der Waals surface area contributed by atoms with Gasteiger partial charge in [0.15, 0.2) is 0 Å². The van der Waals surface area contributed by atoms with Crippen LogP contribution in [0.5, 0.6) is 11.5 Å². The molecule has 1 aliphatic rings. The average Bonchev–Trinajstić information content (AvgIpc) is 3.80. The van der Waals surface area contributed by atoms with E-state index in [1.807, 2.05) is 36.7 Å². The molecule has 312 valence electrons. The zero-order valence-electron chi connectivity index (χ0n) is 37.1. The van der Waals surface area contributed by atoms with E-state index < -0.39 is 0 Å². The number of anilines is 2. The molecule has 6 heteroatoms. The number of para-hydroxylation sites is 1. The fourth-order valence-corrected chi connectivity index (χ4v) is 7.99. The summed E-state index contributed by atoms with van der Waals surface area (Å²) in [6.45, 7) is 29.6. The van der Waals surface area contributed by atoms with Crippen molar-refractivity contribution in [1.82, 2.24) is 9.55 Å². The van der Waals surface area contributed by atoms with Gasteiger partial charge in [-0.1, -0.05) is 131 Å². The van der Waals surface area contributed by atoms with Crippen molar-refractivity contribution in [2.75, 3.05) is 9.80 Å². The number of aromatic nitrogens is 2. The van der Waals surface area contributed by atoms with Crippen LogP contribution in [0, 0.1) is 18.8 Å². The topological polar surface area (TPSA) is 33.5 Å². The maximum atomic E-state index is 6.54. The van der Waals surface area contributed by atoms with Crippen LogP contribution in [-0.2, 0) is 42.7 Å². The van der Waals surface area contributed by atoms with Crippen molar-refractivity contribution in [3.8, 4) is 28.4 Å². The normalized spacial score (nSPS) is 13.7. The second-order valence-corrected chi connectivity index (χ2v) is 20.1. The first-order chi connectivity index (χ1) is 27.8. The van der Waals surface area contributed by atoms with Crippen LogP contribution >= 0.6 is 0 Å². The minimum Gasteiger partial charge on any atom is -0.509 e. The monoisotopic (exact) mass is 972 g/mol. The van der Waals surface area contributed by atoms with Crippen LogP contribution in [0.3, 0.4) is 0 Å². The number of hydrogen-bond donors (Lipinski definition) is 0. The first-order valence-corrected chi connectivity index (χ1v) is 20.8. The summed E-state index contributed by atoms with van der Waals surface area (Å²) in [4.78, 5) is 9.21. The van der Waals surface area contributed by atoms with E-state index in [1.165, 1.54) is 27.8 Å². The molecule has 0 radical (unpaired) electrons. The molecule has 8 rings (SSSR count). The number of fused-ring (bicyclic) bond motifs is 3. The summed E-state index contributed by atoms with van der Waals surface area (Å²) in [5.74, 6) is 2.05. The van der Waals surface area contributed by atoms with Crippen molar-refractivity contribution >= 4 is 33.2 Å². The smallest absolute Gasteiger partial charge is 0.136 e. The second kappa shape index (κ2) is 15.7. The van der Waals surface area contributed by atoms with E-state index in [0.717, 1.165) is 44.6 Å². The Morgan fingerprint density at radius 3 is 1.85 bits per heavy atom. The zero-order chi connectivity index (χ0) is 42.1. The van der Waals surface area contributed by atoms with Crippen LogP contribution in [0.4, 0.5) is 11.4 Å². The van der Waals surface area contributed by atoms with Crippen molar-refractivity contribution in [1.29, 1.82) is 0 Å². The molecule has 0 aliphatic carbocycles. The first-order valence-electron chi connectivity index (χ1n) is 20.8. The molecule has 1 aliphatic heterocycles. The molecule has 0 spiro atoms. The maximum Gasteiger partial charge on any atom is 0.136 e. The van der Waals surface area contributed by atoms with Crippen molar-refractivity contribution in [2.45, 2.75) is 105 Å². The standard InChI is InChI=1S/C54H57N4O.Pt/c1-51(2,3)37-20-22-39(23-21-37)56-28-29-57(35-56)40-16-15-17-41(33-40)59-42-24-25-44-43-18-13-14-19-47(43)58(48(44)34-42)49-30-36(26-27-55-49)50-45(53(7,8)9)31-38(52(4,5)6)32-46(50)54(10,11)12;/h13-32,35H,1-12H3;/q-3;. The predicted octanol–water partition coefficient (Wildman–Crippen LogP) is 14.3. The van der Waals surface area contributed by atoms with Gasteiger partial charge >= 0.3 is 0 Å². The van der Waals surface area contributed by atoms with Crippen LogP contribution in [-0.4, -0.2) is 9.55 Å². The third kappa shape index (κ3) is 8.44. The largest absolute Gasteiger partial charge is 0.509 e. The summed E-state index contributed by atoms with van der Waals surface area (Å²) in [5, 5.41) is 2.23. The van der Waals surface area contributed by atoms with Crippen molar-refractivity contribution < 1.29 is 25.8 Å². The molecule has 0 saturated heterocycles. The Labute approximate surface area is 372 Å². The molecule has 60 heavy (non-hydrogen) atoms. The van der Waals surface area contributed by atoms with Crippen LogP contribution in [0.2, 0.25) is 0 Å². The molecular weight excluding hydrogens is 916 g/mol. The molecule has 0 unspecified atom stereocenters. The number of benzene rings is 5. The molecule has 5 aromatic carbocycles. The molecule has 7 aromatic rings. The molecule has 0 amide bonds. The van der Waals surface area contributed by atoms with Gasteiger partial charge < -0.3 is 19.1 Å². The number of ether oxygens (including phenoxy) is 1. The van der Waals surface area contributed by atoms with Crippen LogP contribution < -0.4 is 14.5 Å². The van der Waals surface area contributed by atoms with Gasteiger partial charge in [-0.05, 0) is 103 Å². The van der Waals surface area contributed by atoms with Crippen LogP contribution in [0.25, 0.3) is 38.8 Å². The van der Waals surface area contributed by atoms with E-state index in [4.69, 9.17) is 9.72 Å². The second-order valence-electron chi connectivity index (χ2n) is 20.1. The molecule has 0 fully saturated rings. The zero-order valence-corrected chi connectivity index (χ0v) is 39.4. The van der Waals surface area contributed by atoms with E-state index >= 15 is 0 Å². The Morgan fingerprint density at radius 2 is 1.20 bits per heavy atom. The number of rotatable bonds is 6. The summed E-state index contributed by atoms with van der Waals surface area (Å²) in [5.41, 5.74) is 11.7. The van der Waals surface area contributed by atoms with E-state index in [2.05, 4.69) is 201 Å². The van der Waals surface area contributed by atoms with Gasteiger partial charge in [-0.3, -0.25) is 0 Å². The molecule has 0 atom stereocenters. The first kappa shape index (κ1) is 43.0. The van der Waals surface area contributed by atoms with Gasteiger partial charge in [0, 0.05) is 50.0 Å². The Bertz CT molecular complexity index is 2680. The quantitative estimate of drug-likeness (QED) is 0.156. The molecule has 3 heterocycles. The minimum atomic E-state index is -0.0813. The average molecular weight is 973 g/mol. The Balaban J connectivity index is 0.00000544. The third-order valence-electron chi connectivity index (χ3n) is 11.4. The molecular formula is C54H57N4OPt-3. The summed E-state index contributed by atoms with van der Waals surface area (Å²) >= 11 is 0. The summed E-state index contributed by atoms with van der Waals surface area (Å²) in [6, 6.07) is 43.8. The minimum absolute atomic E-state index is 0. The van der Waals surface area contributed by atoms with Gasteiger partial charge in [0.25, 0.3) is 0 Å². The fourth-order valence-electron chi connectivity index (χ4n) is 7.99. The Morgan fingerprint density at radius 1 is 0.567 bits per heavy atom. The molecule has 0 saturated carbocycles. The van der Waals surface area contributed by atoms with Gasteiger partial charge in [-0.25, -0.2) is 4.98 Å². The van der Waals surface area contributed by atoms with Gasteiger partial charge in [0.1, 0.15) is 5.82 Å². The van der Waals surface area contributed by atoms with Crippen molar-refractivity contribution in [2.24, 2.45) is 0 Å². The van der Waals surface area contributed by atoms with E-state index in [-0.39, 0.29) is 42.7 Å². The molecule has 0 bridgehead atoms. The molecule has 5 nitrogen and oxygen atoms in total. The number of nitrogens with zero attached hydrogens (tertiary/aromatic N) is 4. The van der Waals surface area contributed by atoms with E-state index in [9.17, 15) is 0 Å². The van der Waals surface area contributed by atoms with E-state index in [1.54, 1.807) is 0 Å². The summed E-state index contributed by atoms with van der Waals surface area (Å²) < 4.78 is 8.77. The maximum absolute atomic E-state index is 6.54.